The second-order valence-electron chi connectivity index (χ2n) is 5.34. The third-order valence-corrected chi connectivity index (χ3v) is 3.63. The topological polar surface area (TPSA) is 42.2 Å². The smallest absolute Gasteiger partial charge is 0.287 e. The molecule has 0 spiro atoms. The third-order valence-electron chi connectivity index (χ3n) is 3.30. The Balaban J connectivity index is 2.22. The fourth-order valence-electron chi connectivity index (χ4n) is 1.72. The molecule has 1 N–H and O–H groups in total. The maximum Gasteiger partial charge on any atom is 0.287 e. The summed E-state index contributed by atoms with van der Waals surface area (Å²) < 4.78 is 5.61. The number of carbonyl (C=O) groups excluding carboxylic acids is 1. The number of hydrogen-bond donors (Lipinski definition) is 1. The first kappa shape index (κ1) is 14.7. The van der Waals surface area contributed by atoms with Crippen molar-refractivity contribution < 1.29 is 9.21 Å². The average molecular weight is 292 g/mol. The number of halogens is 1. The quantitative estimate of drug-likeness (QED) is 0.900. The molecule has 20 heavy (non-hydrogen) atoms. The van der Waals surface area contributed by atoms with Crippen LogP contribution in [0.4, 0.5) is 0 Å². The fourth-order valence-corrected chi connectivity index (χ4v) is 1.95. The van der Waals surface area contributed by atoms with Crippen LogP contribution >= 0.6 is 11.6 Å². The van der Waals surface area contributed by atoms with Crippen LogP contribution in [0, 0.1) is 0 Å². The summed E-state index contributed by atoms with van der Waals surface area (Å²) in [6.45, 7) is 5.98. The van der Waals surface area contributed by atoms with E-state index in [4.69, 9.17) is 16.0 Å². The Kier molecular flexibility index (Phi) is 4.19. The Morgan fingerprint density at radius 2 is 1.95 bits per heavy atom. The van der Waals surface area contributed by atoms with Crippen LogP contribution in [0.2, 0.25) is 5.02 Å². The monoisotopic (exact) mass is 291 g/mol. The number of hydrogen-bond acceptors (Lipinski definition) is 2. The van der Waals surface area contributed by atoms with Gasteiger partial charge in [-0.2, -0.15) is 0 Å². The molecule has 0 aliphatic rings. The van der Waals surface area contributed by atoms with Gasteiger partial charge in [-0.15, -0.1) is 0 Å². The van der Waals surface area contributed by atoms with E-state index in [9.17, 15) is 4.79 Å². The van der Waals surface area contributed by atoms with E-state index in [1.807, 2.05) is 39.0 Å². The Morgan fingerprint density at radius 3 is 2.60 bits per heavy atom. The van der Waals surface area contributed by atoms with Gasteiger partial charge in [0.05, 0.1) is 5.02 Å². The number of benzene rings is 1. The summed E-state index contributed by atoms with van der Waals surface area (Å²) >= 11 is 6.12. The van der Waals surface area contributed by atoms with Crippen molar-refractivity contribution >= 4 is 17.5 Å². The summed E-state index contributed by atoms with van der Waals surface area (Å²) in [5, 5.41) is 3.54. The van der Waals surface area contributed by atoms with E-state index in [-0.39, 0.29) is 11.4 Å². The molecular weight excluding hydrogens is 274 g/mol. The van der Waals surface area contributed by atoms with Gasteiger partial charge < -0.3 is 9.73 Å². The lowest BCUT2D eigenvalue weighted by molar-refractivity contribution is 0.0883. The Morgan fingerprint density at radius 1 is 1.25 bits per heavy atom. The molecule has 1 aromatic carbocycles. The third kappa shape index (κ3) is 3.23. The van der Waals surface area contributed by atoms with E-state index in [1.165, 1.54) is 0 Å². The van der Waals surface area contributed by atoms with Gasteiger partial charge in [-0.3, -0.25) is 4.79 Å². The zero-order chi connectivity index (χ0) is 14.8. The molecule has 0 saturated heterocycles. The predicted molar refractivity (Wildman–Crippen MR) is 81.0 cm³/mol. The zero-order valence-electron chi connectivity index (χ0n) is 11.9. The lowest BCUT2D eigenvalue weighted by atomic mass is 10.0. The minimum atomic E-state index is -0.256. The summed E-state index contributed by atoms with van der Waals surface area (Å²) in [5.74, 6) is 0.673. The van der Waals surface area contributed by atoms with E-state index in [2.05, 4.69) is 5.32 Å². The summed E-state index contributed by atoms with van der Waals surface area (Å²) in [6, 6.07) is 10.8. The average Bonchev–Trinajstić information content (AvgIpc) is 2.88. The van der Waals surface area contributed by atoms with Crippen molar-refractivity contribution in [1.29, 1.82) is 0 Å². The minimum absolute atomic E-state index is 0.213. The molecule has 1 heterocycles. The zero-order valence-corrected chi connectivity index (χ0v) is 12.6. The van der Waals surface area contributed by atoms with Crippen LogP contribution in [-0.2, 0) is 0 Å². The van der Waals surface area contributed by atoms with E-state index in [1.54, 1.807) is 18.2 Å². The van der Waals surface area contributed by atoms with Crippen molar-refractivity contribution in [3.8, 4) is 11.3 Å². The molecule has 2 aromatic rings. The van der Waals surface area contributed by atoms with Gasteiger partial charge in [0.2, 0.25) is 0 Å². The molecular formula is C16H18ClNO2. The highest BCUT2D eigenvalue weighted by Gasteiger charge is 2.21. The second-order valence-corrected chi connectivity index (χ2v) is 5.74. The highest BCUT2D eigenvalue weighted by molar-refractivity contribution is 6.33. The van der Waals surface area contributed by atoms with Gasteiger partial charge >= 0.3 is 0 Å². The standard InChI is InChI=1S/C16H18ClNO2/c1-4-16(2,3)18-15(19)14-10-9-13(20-14)11-7-5-6-8-12(11)17/h5-10H,4H2,1-3H3,(H,18,19). The highest BCUT2D eigenvalue weighted by Crippen LogP contribution is 2.29. The van der Waals surface area contributed by atoms with E-state index >= 15 is 0 Å². The van der Waals surface area contributed by atoms with Crippen LogP contribution < -0.4 is 5.32 Å². The molecule has 0 atom stereocenters. The lowest BCUT2D eigenvalue weighted by Crippen LogP contribution is -2.42. The second kappa shape index (κ2) is 5.71. The maximum atomic E-state index is 12.1. The van der Waals surface area contributed by atoms with Crippen LogP contribution in [-0.4, -0.2) is 11.4 Å². The summed E-state index contributed by atoms with van der Waals surface area (Å²) in [4.78, 5) is 12.1. The summed E-state index contributed by atoms with van der Waals surface area (Å²) in [6.07, 6.45) is 0.844. The van der Waals surface area contributed by atoms with Gasteiger partial charge in [-0.05, 0) is 44.5 Å². The molecule has 2 rings (SSSR count). The number of furan rings is 1. The molecule has 0 aliphatic carbocycles. The van der Waals surface area contributed by atoms with Gasteiger partial charge in [0.1, 0.15) is 5.76 Å². The van der Waals surface area contributed by atoms with Gasteiger partial charge in [0.15, 0.2) is 5.76 Å². The van der Waals surface area contributed by atoms with Crippen LogP contribution in [0.15, 0.2) is 40.8 Å². The molecule has 0 aliphatic heterocycles. The van der Waals surface area contributed by atoms with E-state index < -0.39 is 0 Å². The van der Waals surface area contributed by atoms with Crippen LogP contribution in [0.3, 0.4) is 0 Å². The molecule has 0 saturated carbocycles. The van der Waals surface area contributed by atoms with Gasteiger partial charge in [0.25, 0.3) is 5.91 Å². The molecule has 0 fully saturated rings. The SMILES string of the molecule is CCC(C)(C)NC(=O)c1ccc(-c2ccccc2Cl)o1. The fraction of sp³-hybridized carbons (Fsp3) is 0.312. The first-order chi connectivity index (χ1) is 9.43. The highest BCUT2D eigenvalue weighted by atomic mass is 35.5. The van der Waals surface area contributed by atoms with Crippen LogP contribution in [0.5, 0.6) is 0 Å². The van der Waals surface area contributed by atoms with Gasteiger partial charge in [-0.25, -0.2) is 0 Å². The number of nitrogens with one attached hydrogen (secondary N) is 1. The van der Waals surface area contributed by atoms with Crippen molar-refractivity contribution in [3.63, 3.8) is 0 Å². The number of amides is 1. The normalized spacial score (nSPS) is 11.4. The van der Waals surface area contributed by atoms with Gasteiger partial charge in [0, 0.05) is 11.1 Å². The van der Waals surface area contributed by atoms with Crippen LogP contribution in [0.25, 0.3) is 11.3 Å². The number of rotatable bonds is 4. The van der Waals surface area contributed by atoms with Crippen molar-refractivity contribution in [2.45, 2.75) is 32.7 Å². The molecule has 0 radical (unpaired) electrons. The molecule has 106 valence electrons. The van der Waals surface area contributed by atoms with Crippen molar-refractivity contribution in [2.24, 2.45) is 0 Å². The predicted octanol–water partition coefficient (Wildman–Crippen LogP) is 4.52. The molecule has 0 unspecified atom stereocenters. The summed E-state index contributed by atoms with van der Waals surface area (Å²) in [5.41, 5.74) is 0.525. The first-order valence-corrected chi connectivity index (χ1v) is 6.98. The Bertz CT molecular complexity index is 616. The summed E-state index contributed by atoms with van der Waals surface area (Å²) in [7, 11) is 0. The van der Waals surface area contributed by atoms with Crippen molar-refractivity contribution in [1.82, 2.24) is 5.32 Å². The molecule has 0 bridgehead atoms. The maximum absolute atomic E-state index is 12.1. The molecule has 4 heteroatoms. The van der Waals surface area contributed by atoms with Crippen molar-refractivity contribution in [2.75, 3.05) is 0 Å². The van der Waals surface area contributed by atoms with Crippen LogP contribution in [0.1, 0.15) is 37.7 Å². The Labute approximate surface area is 123 Å². The van der Waals surface area contributed by atoms with Gasteiger partial charge in [-0.1, -0.05) is 30.7 Å². The molecule has 1 aromatic heterocycles. The van der Waals surface area contributed by atoms with Crippen molar-refractivity contribution in [3.05, 3.63) is 47.2 Å². The minimum Gasteiger partial charge on any atom is -0.451 e. The van der Waals surface area contributed by atoms with E-state index in [0.717, 1.165) is 12.0 Å². The Hall–Kier alpha value is -1.74. The lowest BCUT2D eigenvalue weighted by Gasteiger charge is -2.23. The molecule has 3 nitrogen and oxygen atoms in total. The molecule has 1 amide bonds. The number of carbonyl (C=O) groups is 1. The van der Waals surface area contributed by atoms with E-state index in [0.29, 0.717) is 16.5 Å². The largest absolute Gasteiger partial charge is 0.451 e. The first-order valence-electron chi connectivity index (χ1n) is 6.60.